The van der Waals surface area contributed by atoms with Crippen molar-refractivity contribution in [2.45, 2.75) is 0 Å². The predicted octanol–water partition coefficient (Wildman–Crippen LogP) is 4.38. The fourth-order valence-corrected chi connectivity index (χ4v) is 1.33. The van der Waals surface area contributed by atoms with Gasteiger partial charge in [0.1, 0.15) is 0 Å². The van der Waals surface area contributed by atoms with Gasteiger partial charge in [-0.15, -0.1) is 0 Å². The summed E-state index contributed by atoms with van der Waals surface area (Å²) < 4.78 is 0. The first-order valence-corrected chi connectivity index (χ1v) is 4.42. The van der Waals surface area contributed by atoms with Crippen LogP contribution in [0.1, 0.15) is 0 Å². The standard InChI is InChI=1S/C7H2Cl3NS/c8-4-1-6(10)7(11-3-12)2-5(4)9/h1-2H. The van der Waals surface area contributed by atoms with Gasteiger partial charge in [0.15, 0.2) is 0 Å². The molecule has 1 nitrogen and oxygen atoms in total. The number of isothiocyanates is 1. The molecule has 0 aliphatic carbocycles. The van der Waals surface area contributed by atoms with E-state index < -0.39 is 0 Å². The third kappa shape index (κ3) is 2.19. The molecule has 0 spiro atoms. The molecule has 62 valence electrons. The molecule has 0 atom stereocenters. The molecule has 0 fully saturated rings. The molecule has 0 bridgehead atoms. The molecule has 0 aliphatic heterocycles. The van der Waals surface area contributed by atoms with Crippen LogP contribution >= 0.6 is 47.0 Å². The van der Waals surface area contributed by atoms with Crippen molar-refractivity contribution in [2.75, 3.05) is 0 Å². The maximum absolute atomic E-state index is 5.76. The molecule has 0 aliphatic rings. The van der Waals surface area contributed by atoms with Gasteiger partial charge in [0.2, 0.25) is 0 Å². The highest BCUT2D eigenvalue weighted by Crippen LogP contribution is 2.33. The van der Waals surface area contributed by atoms with Crippen molar-refractivity contribution in [2.24, 2.45) is 4.99 Å². The van der Waals surface area contributed by atoms with Gasteiger partial charge in [0, 0.05) is 0 Å². The minimum absolute atomic E-state index is 0.394. The van der Waals surface area contributed by atoms with Gasteiger partial charge >= 0.3 is 0 Å². The zero-order valence-corrected chi connectivity index (χ0v) is 8.73. The first-order valence-electron chi connectivity index (χ1n) is 2.87. The van der Waals surface area contributed by atoms with Crippen LogP contribution < -0.4 is 0 Å². The summed E-state index contributed by atoms with van der Waals surface area (Å²) in [5.74, 6) is 0. The third-order valence-corrected chi connectivity index (χ3v) is 2.27. The van der Waals surface area contributed by atoms with Gasteiger partial charge < -0.3 is 0 Å². The zero-order chi connectivity index (χ0) is 9.14. The molecule has 1 aromatic carbocycles. The number of hydrogen-bond acceptors (Lipinski definition) is 2. The van der Waals surface area contributed by atoms with Crippen molar-refractivity contribution < 1.29 is 0 Å². The summed E-state index contributed by atoms with van der Waals surface area (Å²) in [4.78, 5) is 3.70. The van der Waals surface area contributed by atoms with E-state index in [1.54, 1.807) is 0 Å². The van der Waals surface area contributed by atoms with E-state index in [-0.39, 0.29) is 0 Å². The van der Waals surface area contributed by atoms with Crippen molar-refractivity contribution in [1.29, 1.82) is 0 Å². The van der Waals surface area contributed by atoms with E-state index in [9.17, 15) is 0 Å². The summed E-state index contributed by atoms with van der Waals surface area (Å²) >= 11 is 21.6. The summed E-state index contributed by atoms with van der Waals surface area (Å²) in [6.07, 6.45) is 0. The van der Waals surface area contributed by atoms with E-state index in [1.807, 2.05) is 0 Å². The van der Waals surface area contributed by atoms with Crippen LogP contribution in [0.15, 0.2) is 17.1 Å². The Balaban J connectivity index is 3.32. The van der Waals surface area contributed by atoms with E-state index >= 15 is 0 Å². The molecule has 0 amide bonds. The zero-order valence-electron chi connectivity index (χ0n) is 5.64. The molecule has 1 rings (SSSR count). The minimum Gasteiger partial charge on any atom is -0.193 e. The molecule has 0 heterocycles. The Hall–Kier alpha value is -0.110. The Morgan fingerprint density at radius 3 is 2.25 bits per heavy atom. The second-order valence-electron chi connectivity index (χ2n) is 1.92. The number of hydrogen-bond donors (Lipinski definition) is 0. The van der Waals surface area contributed by atoms with Crippen molar-refractivity contribution in [3.8, 4) is 0 Å². The van der Waals surface area contributed by atoms with Crippen LogP contribution in [0.25, 0.3) is 0 Å². The van der Waals surface area contributed by atoms with Crippen LogP contribution in [-0.4, -0.2) is 5.16 Å². The molecule has 0 N–H and O–H groups in total. The number of nitrogens with zero attached hydrogens (tertiary/aromatic N) is 1. The summed E-state index contributed by atoms with van der Waals surface area (Å²) in [5.41, 5.74) is 0.473. The minimum atomic E-state index is 0.394. The summed E-state index contributed by atoms with van der Waals surface area (Å²) in [7, 11) is 0. The lowest BCUT2D eigenvalue weighted by molar-refractivity contribution is 1.55. The van der Waals surface area contributed by atoms with Gasteiger partial charge in [-0.25, -0.2) is 0 Å². The normalized spacial score (nSPS) is 9.25. The molecule has 12 heavy (non-hydrogen) atoms. The lowest BCUT2D eigenvalue weighted by atomic mass is 10.3. The fourth-order valence-electron chi connectivity index (χ4n) is 0.647. The SMILES string of the molecule is S=C=Nc1cc(Cl)c(Cl)cc1Cl. The van der Waals surface area contributed by atoms with Gasteiger partial charge in [-0.2, -0.15) is 4.99 Å². The molecular weight excluding hydrogens is 237 g/mol. The Bertz CT molecular complexity index is 358. The fraction of sp³-hybridized carbons (Fsp3) is 0. The van der Waals surface area contributed by atoms with E-state index in [4.69, 9.17) is 34.8 Å². The number of benzene rings is 1. The molecule has 0 saturated heterocycles. The van der Waals surface area contributed by atoms with E-state index in [0.717, 1.165) is 0 Å². The molecule has 5 heteroatoms. The lowest BCUT2D eigenvalue weighted by Crippen LogP contribution is -1.71. The molecular formula is C7H2Cl3NS. The monoisotopic (exact) mass is 237 g/mol. The van der Waals surface area contributed by atoms with Crippen LogP contribution in [0.3, 0.4) is 0 Å². The highest BCUT2D eigenvalue weighted by molar-refractivity contribution is 7.78. The maximum Gasteiger partial charge on any atom is 0.0941 e. The van der Waals surface area contributed by atoms with Crippen molar-refractivity contribution >= 4 is 57.9 Å². The highest BCUT2D eigenvalue weighted by atomic mass is 35.5. The van der Waals surface area contributed by atoms with E-state index in [0.29, 0.717) is 20.8 Å². The van der Waals surface area contributed by atoms with Crippen LogP contribution in [-0.2, 0) is 0 Å². The van der Waals surface area contributed by atoms with Crippen LogP contribution in [0.5, 0.6) is 0 Å². The Morgan fingerprint density at radius 2 is 1.67 bits per heavy atom. The third-order valence-electron chi connectivity index (χ3n) is 1.16. The van der Waals surface area contributed by atoms with Gasteiger partial charge in [0.05, 0.1) is 25.9 Å². The van der Waals surface area contributed by atoms with Crippen molar-refractivity contribution in [3.63, 3.8) is 0 Å². The molecule has 0 radical (unpaired) electrons. The molecule has 0 saturated carbocycles. The van der Waals surface area contributed by atoms with Gasteiger partial charge in [-0.3, -0.25) is 0 Å². The largest absolute Gasteiger partial charge is 0.193 e. The highest BCUT2D eigenvalue weighted by Gasteiger charge is 2.03. The van der Waals surface area contributed by atoms with Gasteiger partial charge in [-0.05, 0) is 24.4 Å². The quantitative estimate of drug-likeness (QED) is 0.402. The summed E-state index contributed by atoms with van der Waals surface area (Å²) in [6.45, 7) is 0. The second-order valence-corrected chi connectivity index (χ2v) is 3.32. The average Bonchev–Trinajstić information content (AvgIpc) is 2.01. The van der Waals surface area contributed by atoms with Crippen molar-refractivity contribution in [3.05, 3.63) is 27.2 Å². The Labute approximate surface area is 90.0 Å². The Kier molecular flexibility index (Phi) is 3.51. The molecule has 0 aromatic heterocycles. The molecule has 0 unspecified atom stereocenters. The van der Waals surface area contributed by atoms with E-state index in [1.165, 1.54) is 12.1 Å². The Morgan fingerprint density at radius 1 is 1.08 bits per heavy atom. The summed E-state index contributed by atoms with van der Waals surface area (Å²) in [5, 5.41) is 3.39. The number of thiocarbonyl (C=S) groups is 1. The van der Waals surface area contributed by atoms with Gasteiger partial charge in [-0.1, -0.05) is 34.8 Å². The maximum atomic E-state index is 5.76. The van der Waals surface area contributed by atoms with Gasteiger partial charge in [0.25, 0.3) is 0 Å². The number of halogens is 3. The van der Waals surface area contributed by atoms with Crippen LogP contribution in [0.2, 0.25) is 15.1 Å². The summed E-state index contributed by atoms with van der Waals surface area (Å²) in [6, 6.07) is 3.04. The number of rotatable bonds is 1. The molecule has 1 aromatic rings. The van der Waals surface area contributed by atoms with Crippen molar-refractivity contribution in [1.82, 2.24) is 0 Å². The lowest BCUT2D eigenvalue weighted by Gasteiger charge is -1.98. The second kappa shape index (κ2) is 4.22. The number of aliphatic imine (C=N–C) groups is 1. The first kappa shape index (κ1) is 9.97. The van der Waals surface area contributed by atoms with E-state index in [2.05, 4.69) is 22.4 Å². The average molecular weight is 239 g/mol. The van der Waals surface area contributed by atoms with Crippen LogP contribution in [0.4, 0.5) is 5.69 Å². The smallest absolute Gasteiger partial charge is 0.0941 e. The first-order chi connectivity index (χ1) is 5.65. The topological polar surface area (TPSA) is 12.4 Å². The van der Waals surface area contributed by atoms with Crippen LogP contribution in [0, 0.1) is 0 Å². The predicted molar refractivity (Wildman–Crippen MR) is 56.2 cm³/mol.